The first-order chi connectivity index (χ1) is 11.6. The number of carbonyl (C=O) groups is 2. The van der Waals surface area contributed by atoms with E-state index in [2.05, 4.69) is 0 Å². The van der Waals surface area contributed by atoms with Crippen molar-refractivity contribution in [3.8, 4) is 11.5 Å². The summed E-state index contributed by atoms with van der Waals surface area (Å²) in [5.41, 5.74) is 1.27. The number of nitrogens with zero attached hydrogens (tertiary/aromatic N) is 1. The largest absolute Gasteiger partial charge is 0.493 e. The highest BCUT2D eigenvalue weighted by Crippen LogP contribution is 2.36. The standard InChI is InChI=1S/C18H17NO5/c1-23-15-8-4-5-9-16(15)24-11-17(20)19-10-13(18(21)22)12-6-2-3-7-14(12)19/h2-9,13H,10-11H2,1H3,(H,21,22). The zero-order chi connectivity index (χ0) is 17.1. The van der Waals surface area contributed by atoms with Crippen molar-refractivity contribution < 1.29 is 24.2 Å². The quantitative estimate of drug-likeness (QED) is 0.912. The highest BCUT2D eigenvalue weighted by Gasteiger charge is 2.36. The molecule has 1 aliphatic heterocycles. The topological polar surface area (TPSA) is 76.1 Å². The summed E-state index contributed by atoms with van der Waals surface area (Å²) in [4.78, 5) is 25.4. The molecule has 1 amide bonds. The maximum absolute atomic E-state index is 12.5. The summed E-state index contributed by atoms with van der Waals surface area (Å²) in [7, 11) is 1.53. The van der Waals surface area contributed by atoms with Crippen LogP contribution in [-0.4, -0.2) is 37.2 Å². The van der Waals surface area contributed by atoms with Crippen LogP contribution in [0.1, 0.15) is 11.5 Å². The number of amides is 1. The Morgan fingerprint density at radius 2 is 1.79 bits per heavy atom. The van der Waals surface area contributed by atoms with Crippen molar-refractivity contribution in [1.29, 1.82) is 0 Å². The van der Waals surface area contributed by atoms with Gasteiger partial charge in [-0.2, -0.15) is 0 Å². The number of hydrogen-bond acceptors (Lipinski definition) is 4. The number of hydrogen-bond donors (Lipinski definition) is 1. The highest BCUT2D eigenvalue weighted by atomic mass is 16.5. The minimum Gasteiger partial charge on any atom is -0.493 e. The first-order valence-electron chi connectivity index (χ1n) is 7.49. The van der Waals surface area contributed by atoms with Gasteiger partial charge in [-0.15, -0.1) is 0 Å². The minimum atomic E-state index is -0.941. The van der Waals surface area contributed by atoms with Crippen LogP contribution in [0, 0.1) is 0 Å². The van der Waals surface area contributed by atoms with Crippen molar-refractivity contribution in [3.63, 3.8) is 0 Å². The molecule has 1 heterocycles. The third kappa shape index (κ3) is 2.90. The second-order valence-electron chi connectivity index (χ2n) is 5.39. The average Bonchev–Trinajstić information content (AvgIpc) is 3.00. The molecule has 2 aromatic rings. The second-order valence-corrected chi connectivity index (χ2v) is 5.39. The maximum Gasteiger partial charge on any atom is 0.312 e. The number of carboxylic acid groups (broad SMARTS) is 1. The first kappa shape index (κ1) is 15.9. The van der Waals surface area contributed by atoms with Crippen molar-refractivity contribution >= 4 is 17.6 Å². The lowest BCUT2D eigenvalue weighted by atomic mass is 10.0. The van der Waals surface area contributed by atoms with Gasteiger partial charge in [-0.1, -0.05) is 30.3 Å². The SMILES string of the molecule is COc1ccccc1OCC(=O)N1CC(C(=O)O)c2ccccc21. The molecule has 2 aromatic carbocycles. The molecular formula is C18H17NO5. The van der Waals surface area contributed by atoms with Crippen molar-refractivity contribution in [2.75, 3.05) is 25.2 Å². The third-order valence-electron chi connectivity index (χ3n) is 3.99. The molecule has 0 bridgehead atoms. The summed E-state index contributed by atoms with van der Waals surface area (Å²) in [5.74, 6) is -0.942. The van der Waals surface area contributed by atoms with Gasteiger partial charge < -0.3 is 19.5 Å². The molecule has 0 spiro atoms. The van der Waals surface area contributed by atoms with Crippen LogP contribution >= 0.6 is 0 Å². The monoisotopic (exact) mass is 327 g/mol. The van der Waals surface area contributed by atoms with Gasteiger partial charge in [-0.3, -0.25) is 9.59 Å². The van der Waals surface area contributed by atoms with Crippen molar-refractivity contribution in [3.05, 3.63) is 54.1 Å². The molecule has 0 fully saturated rings. The molecule has 0 radical (unpaired) electrons. The fourth-order valence-electron chi connectivity index (χ4n) is 2.81. The Bertz CT molecular complexity index is 774. The fraction of sp³-hybridized carbons (Fsp3) is 0.222. The summed E-state index contributed by atoms with van der Waals surface area (Å²) in [6.45, 7) is -0.0795. The van der Waals surface area contributed by atoms with Crippen LogP contribution in [0.4, 0.5) is 5.69 Å². The van der Waals surface area contributed by atoms with Crippen molar-refractivity contribution in [2.45, 2.75) is 5.92 Å². The van der Waals surface area contributed by atoms with Gasteiger partial charge in [0.1, 0.15) is 5.92 Å². The number of methoxy groups -OCH3 is 1. The Morgan fingerprint density at radius 1 is 1.12 bits per heavy atom. The molecule has 1 aliphatic rings. The van der Waals surface area contributed by atoms with Crippen LogP contribution in [0.2, 0.25) is 0 Å². The first-order valence-corrected chi connectivity index (χ1v) is 7.49. The number of rotatable bonds is 5. The number of anilines is 1. The number of para-hydroxylation sites is 3. The molecule has 3 rings (SSSR count). The summed E-state index contributed by atoms with van der Waals surface area (Å²) < 4.78 is 10.7. The predicted molar refractivity (Wildman–Crippen MR) is 87.7 cm³/mol. The molecule has 0 saturated carbocycles. The molecule has 1 atom stereocenters. The lowest BCUT2D eigenvalue weighted by Gasteiger charge is -2.18. The zero-order valence-corrected chi connectivity index (χ0v) is 13.1. The maximum atomic E-state index is 12.5. The van der Waals surface area contributed by atoms with Crippen LogP contribution in [0.15, 0.2) is 48.5 Å². The van der Waals surface area contributed by atoms with Crippen molar-refractivity contribution in [1.82, 2.24) is 0 Å². The molecule has 6 nitrogen and oxygen atoms in total. The van der Waals surface area contributed by atoms with Gasteiger partial charge in [0.15, 0.2) is 18.1 Å². The second kappa shape index (κ2) is 6.62. The Morgan fingerprint density at radius 3 is 2.50 bits per heavy atom. The van der Waals surface area contributed by atoms with E-state index in [1.165, 1.54) is 12.0 Å². The smallest absolute Gasteiger partial charge is 0.312 e. The Balaban J connectivity index is 1.75. The number of fused-ring (bicyclic) bond motifs is 1. The Kier molecular flexibility index (Phi) is 4.37. The van der Waals surface area contributed by atoms with Gasteiger partial charge in [0.05, 0.1) is 7.11 Å². The Labute approximate surface area is 139 Å². The summed E-state index contributed by atoms with van der Waals surface area (Å²) in [5, 5.41) is 9.35. The van der Waals surface area contributed by atoms with E-state index in [0.29, 0.717) is 22.7 Å². The summed E-state index contributed by atoms with van der Waals surface area (Å²) >= 11 is 0. The number of ether oxygens (including phenoxy) is 2. The van der Waals surface area contributed by atoms with E-state index in [4.69, 9.17) is 9.47 Å². The van der Waals surface area contributed by atoms with E-state index in [-0.39, 0.29) is 19.1 Å². The summed E-state index contributed by atoms with van der Waals surface area (Å²) in [6, 6.07) is 14.1. The van der Waals surface area contributed by atoms with E-state index in [0.717, 1.165) is 0 Å². The molecule has 0 aliphatic carbocycles. The number of carbonyl (C=O) groups excluding carboxylic acids is 1. The van der Waals surface area contributed by atoms with Gasteiger partial charge in [0, 0.05) is 12.2 Å². The molecule has 1 unspecified atom stereocenters. The van der Waals surface area contributed by atoms with E-state index < -0.39 is 11.9 Å². The van der Waals surface area contributed by atoms with Gasteiger partial charge in [0.2, 0.25) is 0 Å². The van der Waals surface area contributed by atoms with Crippen LogP contribution in [-0.2, 0) is 9.59 Å². The normalized spacial score (nSPS) is 15.7. The predicted octanol–water partition coefficient (Wildman–Crippen LogP) is 2.29. The molecule has 0 saturated heterocycles. The van der Waals surface area contributed by atoms with Crippen LogP contribution in [0.5, 0.6) is 11.5 Å². The molecular weight excluding hydrogens is 310 g/mol. The number of benzene rings is 2. The van der Waals surface area contributed by atoms with Crippen LogP contribution in [0.3, 0.4) is 0 Å². The number of carboxylic acids is 1. The van der Waals surface area contributed by atoms with Crippen LogP contribution in [0.25, 0.3) is 0 Å². The molecule has 124 valence electrons. The van der Waals surface area contributed by atoms with E-state index in [1.807, 2.05) is 6.07 Å². The van der Waals surface area contributed by atoms with E-state index >= 15 is 0 Å². The fourth-order valence-corrected chi connectivity index (χ4v) is 2.81. The third-order valence-corrected chi connectivity index (χ3v) is 3.99. The zero-order valence-electron chi connectivity index (χ0n) is 13.1. The lowest BCUT2D eigenvalue weighted by molar-refractivity contribution is -0.138. The van der Waals surface area contributed by atoms with Gasteiger partial charge >= 0.3 is 5.97 Å². The van der Waals surface area contributed by atoms with Gasteiger partial charge in [-0.05, 0) is 23.8 Å². The van der Waals surface area contributed by atoms with Crippen LogP contribution < -0.4 is 14.4 Å². The van der Waals surface area contributed by atoms with Gasteiger partial charge in [-0.25, -0.2) is 0 Å². The summed E-state index contributed by atoms with van der Waals surface area (Å²) in [6.07, 6.45) is 0. The number of aliphatic carboxylic acids is 1. The molecule has 24 heavy (non-hydrogen) atoms. The van der Waals surface area contributed by atoms with E-state index in [9.17, 15) is 14.7 Å². The average molecular weight is 327 g/mol. The molecule has 1 N–H and O–H groups in total. The molecule has 0 aromatic heterocycles. The Hall–Kier alpha value is -3.02. The highest BCUT2D eigenvalue weighted by molar-refractivity contribution is 5.99. The molecule has 6 heteroatoms. The van der Waals surface area contributed by atoms with Crippen molar-refractivity contribution in [2.24, 2.45) is 0 Å². The van der Waals surface area contributed by atoms with Gasteiger partial charge in [0.25, 0.3) is 5.91 Å². The minimum absolute atomic E-state index is 0.114. The lowest BCUT2D eigenvalue weighted by Crippen LogP contribution is -2.35. The van der Waals surface area contributed by atoms with E-state index in [1.54, 1.807) is 42.5 Å².